The Labute approximate surface area is 137 Å². The molecule has 0 saturated carbocycles. The minimum Gasteiger partial charge on any atom is -0.463 e. The topological polar surface area (TPSA) is 43.0 Å². The van der Waals surface area contributed by atoms with E-state index in [9.17, 15) is 0 Å². The van der Waals surface area contributed by atoms with Gasteiger partial charge in [0.25, 0.3) is 0 Å². The fourth-order valence-electron chi connectivity index (χ4n) is 2.91. The number of rotatable bonds is 2. The minimum absolute atomic E-state index is 0.825. The molecule has 0 unspecified atom stereocenters. The number of anilines is 1. The van der Waals surface area contributed by atoms with Crippen molar-refractivity contribution in [3.63, 3.8) is 0 Å². The number of hydrogen-bond acceptors (Lipinski definition) is 3. The van der Waals surface area contributed by atoms with Crippen molar-refractivity contribution < 1.29 is 4.42 Å². The molecule has 112 valence electrons. The Hall–Kier alpha value is -2.01. The molecule has 1 aliphatic rings. The summed E-state index contributed by atoms with van der Waals surface area (Å²) in [4.78, 5) is 0. The third-order valence-corrected chi connectivity index (χ3v) is 4.64. The molecule has 1 aliphatic heterocycles. The lowest BCUT2D eigenvalue weighted by Gasteiger charge is -2.10. The van der Waals surface area contributed by atoms with Gasteiger partial charge in [0.05, 0.1) is 12.0 Å². The largest absolute Gasteiger partial charge is 0.463 e. The van der Waals surface area contributed by atoms with Crippen LogP contribution in [0.3, 0.4) is 0 Å². The maximum Gasteiger partial charge on any atom is 0.154 e. The van der Waals surface area contributed by atoms with Gasteiger partial charge in [0.2, 0.25) is 0 Å². The number of nitrogens with zero attached hydrogens (tertiary/aromatic N) is 2. The smallest absolute Gasteiger partial charge is 0.154 e. The molecular formula is C17H16BrN3O. The molecule has 4 rings (SSSR count). The number of benzene rings is 1. The van der Waals surface area contributed by atoms with E-state index >= 15 is 0 Å². The maximum atomic E-state index is 5.59. The first kappa shape index (κ1) is 13.6. The van der Waals surface area contributed by atoms with Crippen LogP contribution in [-0.2, 0) is 6.42 Å². The standard InChI is InChI=1S/C17H16BrN3O/c18-13-7-1-2-8-14(13)21-17-12(6-3-4-10-19-17)16(20-21)15-9-5-11-22-15/h1-2,5,7-9,11,19H,3-4,6,10H2. The van der Waals surface area contributed by atoms with Gasteiger partial charge in [0.1, 0.15) is 11.5 Å². The third-order valence-electron chi connectivity index (χ3n) is 3.96. The van der Waals surface area contributed by atoms with Crippen LogP contribution in [0, 0.1) is 0 Å². The van der Waals surface area contributed by atoms with Crippen LogP contribution < -0.4 is 5.32 Å². The van der Waals surface area contributed by atoms with Gasteiger partial charge in [-0.2, -0.15) is 5.10 Å². The van der Waals surface area contributed by atoms with Gasteiger partial charge in [-0.15, -0.1) is 0 Å². The summed E-state index contributed by atoms with van der Waals surface area (Å²) in [5.41, 5.74) is 3.21. The van der Waals surface area contributed by atoms with Crippen molar-refractivity contribution >= 4 is 21.7 Å². The average Bonchev–Trinajstić information content (AvgIpc) is 3.10. The first-order chi connectivity index (χ1) is 10.8. The lowest BCUT2D eigenvalue weighted by atomic mass is 10.1. The molecule has 3 heterocycles. The third kappa shape index (κ3) is 2.25. The van der Waals surface area contributed by atoms with E-state index in [1.54, 1.807) is 6.26 Å². The van der Waals surface area contributed by atoms with Gasteiger partial charge in [0.15, 0.2) is 5.76 Å². The molecule has 0 amide bonds. The molecule has 3 aromatic rings. The Balaban J connectivity index is 1.94. The maximum absolute atomic E-state index is 5.59. The predicted molar refractivity (Wildman–Crippen MR) is 90.4 cm³/mol. The Morgan fingerprint density at radius 2 is 2.05 bits per heavy atom. The molecular weight excluding hydrogens is 342 g/mol. The first-order valence-corrected chi connectivity index (χ1v) is 8.28. The highest BCUT2D eigenvalue weighted by atomic mass is 79.9. The molecule has 4 nitrogen and oxygen atoms in total. The van der Waals surface area contributed by atoms with Crippen molar-refractivity contribution in [3.05, 3.63) is 52.7 Å². The van der Waals surface area contributed by atoms with Crippen molar-refractivity contribution in [3.8, 4) is 17.1 Å². The molecule has 2 aromatic heterocycles. The molecule has 0 atom stereocenters. The molecule has 0 fully saturated rings. The molecule has 0 saturated heterocycles. The molecule has 1 N–H and O–H groups in total. The predicted octanol–water partition coefficient (Wildman–Crippen LogP) is 4.64. The van der Waals surface area contributed by atoms with Crippen LogP contribution in [0.2, 0.25) is 0 Å². The van der Waals surface area contributed by atoms with Crippen LogP contribution in [0.4, 0.5) is 5.82 Å². The molecule has 1 aromatic carbocycles. The molecule has 0 radical (unpaired) electrons. The number of para-hydroxylation sites is 1. The summed E-state index contributed by atoms with van der Waals surface area (Å²) in [5, 5.41) is 8.38. The van der Waals surface area contributed by atoms with E-state index in [2.05, 4.69) is 27.3 Å². The van der Waals surface area contributed by atoms with Gasteiger partial charge in [0, 0.05) is 16.6 Å². The molecule has 22 heavy (non-hydrogen) atoms. The SMILES string of the molecule is Brc1ccccc1-n1nc(-c2ccco2)c2c1NCCCC2. The lowest BCUT2D eigenvalue weighted by Crippen LogP contribution is -2.07. The van der Waals surface area contributed by atoms with Gasteiger partial charge in [-0.05, 0) is 59.5 Å². The zero-order chi connectivity index (χ0) is 14.9. The number of furan rings is 1. The average molecular weight is 358 g/mol. The van der Waals surface area contributed by atoms with E-state index in [0.717, 1.165) is 46.8 Å². The van der Waals surface area contributed by atoms with Crippen LogP contribution in [0.25, 0.3) is 17.1 Å². The van der Waals surface area contributed by atoms with Gasteiger partial charge in [-0.3, -0.25) is 0 Å². The zero-order valence-corrected chi connectivity index (χ0v) is 13.6. The quantitative estimate of drug-likeness (QED) is 0.726. The van der Waals surface area contributed by atoms with Crippen molar-refractivity contribution in [1.82, 2.24) is 9.78 Å². The normalized spacial score (nSPS) is 14.2. The van der Waals surface area contributed by atoms with E-state index in [1.165, 1.54) is 12.0 Å². The van der Waals surface area contributed by atoms with Crippen molar-refractivity contribution in [2.75, 3.05) is 11.9 Å². The van der Waals surface area contributed by atoms with Crippen LogP contribution >= 0.6 is 15.9 Å². The molecule has 5 heteroatoms. The summed E-state index contributed by atoms with van der Waals surface area (Å²) in [7, 11) is 0. The number of nitrogens with one attached hydrogen (secondary N) is 1. The van der Waals surface area contributed by atoms with Crippen LogP contribution in [0.15, 0.2) is 51.6 Å². The van der Waals surface area contributed by atoms with Crippen molar-refractivity contribution in [2.24, 2.45) is 0 Å². The number of aromatic nitrogens is 2. The highest BCUT2D eigenvalue weighted by molar-refractivity contribution is 9.10. The van der Waals surface area contributed by atoms with Crippen LogP contribution in [0.1, 0.15) is 18.4 Å². The molecule has 0 bridgehead atoms. The summed E-state index contributed by atoms with van der Waals surface area (Å²) in [6.07, 6.45) is 5.05. The van der Waals surface area contributed by atoms with Gasteiger partial charge < -0.3 is 9.73 Å². The second kappa shape index (κ2) is 5.65. The monoisotopic (exact) mass is 357 g/mol. The van der Waals surface area contributed by atoms with Gasteiger partial charge in [-0.1, -0.05) is 12.1 Å². The Bertz CT molecular complexity index is 792. The Morgan fingerprint density at radius 1 is 1.14 bits per heavy atom. The van der Waals surface area contributed by atoms with E-state index in [-0.39, 0.29) is 0 Å². The van der Waals surface area contributed by atoms with E-state index < -0.39 is 0 Å². The fraction of sp³-hybridized carbons (Fsp3) is 0.235. The van der Waals surface area contributed by atoms with E-state index in [0.29, 0.717) is 0 Å². The summed E-state index contributed by atoms with van der Waals surface area (Å²) in [6.45, 7) is 0.973. The van der Waals surface area contributed by atoms with E-state index in [1.807, 2.05) is 35.0 Å². The van der Waals surface area contributed by atoms with Gasteiger partial charge in [-0.25, -0.2) is 4.68 Å². The zero-order valence-electron chi connectivity index (χ0n) is 12.1. The minimum atomic E-state index is 0.825. The summed E-state index contributed by atoms with van der Waals surface area (Å²) < 4.78 is 8.60. The van der Waals surface area contributed by atoms with E-state index in [4.69, 9.17) is 9.52 Å². The number of fused-ring (bicyclic) bond motifs is 1. The van der Waals surface area contributed by atoms with Gasteiger partial charge >= 0.3 is 0 Å². The summed E-state index contributed by atoms with van der Waals surface area (Å²) in [5.74, 6) is 1.90. The summed E-state index contributed by atoms with van der Waals surface area (Å²) in [6, 6.07) is 12.0. The molecule has 0 aliphatic carbocycles. The van der Waals surface area contributed by atoms with Crippen molar-refractivity contribution in [2.45, 2.75) is 19.3 Å². The Morgan fingerprint density at radius 3 is 2.86 bits per heavy atom. The highest BCUT2D eigenvalue weighted by Crippen LogP contribution is 2.35. The second-order valence-corrected chi connectivity index (χ2v) is 6.25. The number of halogens is 1. The second-order valence-electron chi connectivity index (χ2n) is 5.40. The van der Waals surface area contributed by atoms with Crippen molar-refractivity contribution in [1.29, 1.82) is 0 Å². The first-order valence-electron chi connectivity index (χ1n) is 7.49. The molecule has 0 spiro atoms. The lowest BCUT2D eigenvalue weighted by molar-refractivity contribution is 0.578. The Kier molecular flexibility index (Phi) is 3.50. The van der Waals surface area contributed by atoms with Crippen LogP contribution in [0.5, 0.6) is 0 Å². The van der Waals surface area contributed by atoms with Crippen LogP contribution in [-0.4, -0.2) is 16.3 Å². The fourth-order valence-corrected chi connectivity index (χ4v) is 3.36. The number of hydrogen-bond donors (Lipinski definition) is 1. The highest BCUT2D eigenvalue weighted by Gasteiger charge is 2.23. The summed E-state index contributed by atoms with van der Waals surface area (Å²) >= 11 is 3.63.